The van der Waals surface area contributed by atoms with E-state index >= 15 is 0 Å². The maximum atomic E-state index is 13.0. The smallest absolute Gasteiger partial charge is 0.125 e. The number of nitrogen functional groups attached to an aromatic ring is 1. The number of anilines is 2. The molecule has 2 aliphatic heterocycles. The van der Waals surface area contributed by atoms with Gasteiger partial charge in [0.1, 0.15) is 5.82 Å². The quantitative estimate of drug-likeness (QED) is 0.817. The minimum absolute atomic E-state index is 0.179. The van der Waals surface area contributed by atoms with Gasteiger partial charge in [0.2, 0.25) is 0 Å². The van der Waals surface area contributed by atoms with Gasteiger partial charge in [0, 0.05) is 19.1 Å². The average Bonchev–Trinajstić information content (AvgIpc) is 2.85. The topological polar surface area (TPSA) is 50.5 Å². The van der Waals surface area contributed by atoms with Crippen molar-refractivity contribution in [2.24, 2.45) is 0 Å². The van der Waals surface area contributed by atoms with Gasteiger partial charge < -0.3 is 15.8 Å². The second kappa shape index (κ2) is 5.35. The van der Waals surface area contributed by atoms with E-state index in [9.17, 15) is 4.39 Å². The highest BCUT2D eigenvalue weighted by molar-refractivity contribution is 5.65. The number of nitrogens with one attached hydrogen (secondary N) is 1. The number of halogens is 1. The molecule has 0 amide bonds. The van der Waals surface area contributed by atoms with Crippen LogP contribution in [0.25, 0.3) is 0 Å². The highest BCUT2D eigenvalue weighted by Gasteiger charge is 2.31. The van der Waals surface area contributed by atoms with Gasteiger partial charge in [0.15, 0.2) is 0 Å². The van der Waals surface area contributed by atoms with E-state index < -0.39 is 0 Å². The van der Waals surface area contributed by atoms with Crippen molar-refractivity contribution >= 4 is 11.4 Å². The van der Waals surface area contributed by atoms with Crippen molar-refractivity contribution in [2.75, 3.05) is 37.3 Å². The van der Waals surface area contributed by atoms with Crippen LogP contribution in [0.1, 0.15) is 12.8 Å². The Morgan fingerprint density at radius 3 is 3.21 bits per heavy atom. The third-order valence-corrected chi connectivity index (χ3v) is 4.00. The minimum Gasteiger partial charge on any atom is -0.397 e. The molecule has 2 unspecified atom stereocenters. The fourth-order valence-corrected chi connectivity index (χ4v) is 2.93. The van der Waals surface area contributed by atoms with E-state index in [2.05, 4.69) is 10.2 Å². The first-order chi connectivity index (χ1) is 9.22. The maximum Gasteiger partial charge on any atom is 0.125 e. The molecule has 2 heterocycles. The largest absolute Gasteiger partial charge is 0.397 e. The summed E-state index contributed by atoms with van der Waals surface area (Å²) in [5.74, 6) is -0.308. The van der Waals surface area contributed by atoms with Gasteiger partial charge in [-0.25, -0.2) is 4.39 Å². The molecule has 5 heteroatoms. The van der Waals surface area contributed by atoms with Crippen LogP contribution in [0, 0.1) is 5.82 Å². The van der Waals surface area contributed by atoms with Gasteiger partial charge in [-0.05, 0) is 37.6 Å². The van der Waals surface area contributed by atoms with Crippen LogP contribution in [0.2, 0.25) is 0 Å². The number of hydrogen-bond acceptors (Lipinski definition) is 4. The second-order valence-electron chi connectivity index (χ2n) is 5.36. The first kappa shape index (κ1) is 12.7. The molecule has 1 aromatic carbocycles. The summed E-state index contributed by atoms with van der Waals surface area (Å²) in [4.78, 5) is 2.50. The monoisotopic (exact) mass is 265 g/mol. The summed E-state index contributed by atoms with van der Waals surface area (Å²) in [7, 11) is 0. The highest BCUT2D eigenvalue weighted by Crippen LogP contribution is 2.24. The van der Waals surface area contributed by atoms with Crippen molar-refractivity contribution in [3.8, 4) is 0 Å². The first-order valence-corrected chi connectivity index (χ1v) is 6.87. The Morgan fingerprint density at radius 1 is 1.47 bits per heavy atom. The molecule has 3 rings (SSSR count). The number of fused-ring (bicyclic) bond motifs is 1. The molecule has 2 aliphatic rings. The van der Waals surface area contributed by atoms with Crippen LogP contribution in [-0.2, 0) is 4.74 Å². The molecular weight excluding hydrogens is 245 g/mol. The lowest BCUT2D eigenvalue weighted by atomic mass is 10.2. The molecule has 0 radical (unpaired) electrons. The highest BCUT2D eigenvalue weighted by atomic mass is 19.1. The summed E-state index contributed by atoms with van der Waals surface area (Å²) in [6.07, 6.45) is 2.71. The Bertz CT molecular complexity index is 454. The predicted molar refractivity (Wildman–Crippen MR) is 73.6 cm³/mol. The Hall–Kier alpha value is -1.33. The van der Waals surface area contributed by atoms with E-state index in [1.165, 1.54) is 31.5 Å². The van der Waals surface area contributed by atoms with Crippen LogP contribution in [0.4, 0.5) is 15.8 Å². The fourth-order valence-electron chi connectivity index (χ4n) is 2.93. The van der Waals surface area contributed by atoms with Gasteiger partial charge in [-0.3, -0.25) is 4.90 Å². The van der Waals surface area contributed by atoms with Crippen molar-refractivity contribution in [3.63, 3.8) is 0 Å². The van der Waals surface area contributed by atoms with E-state index in [0.29, 0.717) is 18.3 Å². The lowest BCUT2D eigenvalue weighted by molar-refractivity contribution is -0.0415. The summed E-state index contributed by atoms with van der Waals surface area (Å²) in [5, 5.41) is 3.25. The number of morpholine rings is 1. The molecular formula is C14H20FN3O. The molecule has 0 aliphatic carbocycles. The summed E-state index contributed by atoms with van der Waals surface area (Å²) >= 11 is 0. The van der Waals surface area contributed by atoms with Gasteiger partial charge in [-0.2, -0.15) is 0 Å². The lowest BCUT2D eigenvalue weighted by Gasteiger charge is -2.35. The summed E-state index contributed by atoms with van der Waals surface area (Å²) in [6, 6.07) is 5.04. The maximum absolute atomic E-state index is 13.0. The molecule has 0 aromatic heterocycles. The van der Waals surface area contributed by atoms with Gasteiger partial charge in [0.05, 0.1) is 24.1 Å². The zero-order valence-electron chi connectivity index (χ0n) is 10.9. The molecule has 1 aromatic rings. The van der Waals surface area contributed by atoms with E-state index in [4.69, 9.17) is 10.5 Å². The summed E-state index contributed by atoms with van der Waals surface area (Å²) < 4.78 is 18.8. The first-order valence-electron chi connectivity index (χ1n) is 6.87. The van der Waals surface area contributed by atoms with Crippen LogP contribution < -0.4 is 11.1 Å². The summed E-state index contributed by atoms with van der Waals surface area (Å²) in [6.45, 7) is 3.69. The minimum atomic E-state index is -0.308. The zero-order valence-corrected chi connectivity index (χ0v) is 10.9. The molecule has 19 heavy (non-hydrogen) atoms. The zero-order chi connectivity index (χ0) is 13.2. The number of nitrogens with zero attached hydrogens (tertiary/aromatic N) is 1. The van der Waals surface area contributed by atoms with Crippen LogP contribution in [-0.4, -0.2) is 43.3 Å². The fraction of sp³-hybridized carbons (Fsp3) is 0.571. The van der Waals surface area contributed by atoms with E-state index in [1.807, 2.05) is 0 Å². The van der Waals surface area contributed by atoms with Gasteiger partial charge in [0.25, 0.3) is 0 Å². The number of rotatable bonds is 3. The SMILES string of the molecule is Nc1cc(F)ccc1NCC1CN2CCCC2CO1. The molecule has 0 spiro atoms. The normalized spacial score (nSPS) is 27.2. The number of nitrogens with two attached hydrogens (primary N) is 1. The van der Waals surface area contributed by atoms with Gasteiger partial charge in [-0.15, -0.1) is 0 Å². The van der Waals surface area contributed by atoms with Crippen LogP contribution in [0.5, 0.6) is 0 Å². The van der Waals surface area contributed by atoms with Crippen LogP contribution >= 0.6 is 0 Å². The molecule has 2 atom stereocenters. The molecule has 104 valence electrons. The van der Waals surface area contributed by atoms with Crippen molar-refractivity contribution < 1.29 is 9.13 Å². The predicted octanol–water partition coefficient (Wildman–Crippen LogP) is 1.68. The Morgan fingerprint density at radius 2 is 2.37 bits per heavy atom. The third-order valence-electron chi connectivity index (χ3n) is 4.00. The summed E-state index contributed by atoms with van der Waals surface area (Å²) in [5.41, 5.74) is 6.98. The average molecular weight is 265 g/mol. The van der Waals surface area contributed by atoms with Gasteiger partial charge in [-0.1, -0.05) is 0 Å². The van der Waals surface area contributed by atoms with Crippen molar-refractivity contribution in [2.45, 2.75) is 25.0 Å². The second-order valence-corrected chi connectivity index (χ2v) is 5.36. The Kier molecular flexibility index (Phi) is 3.57. The van der Waals surface area contributed by atoms with Crippen molar-refractivity contribution in [1.82, 2.24) is 4.90 Å². The molecule has 0 bridgehead atoms. The van der Waals surface area contributed by atoms with Crippen molar-refractivity contribution in [1.29, 1.82) is 0 Å². The van der Waals surface area contributed by atoms with Crippen molar-refractivity contribution in [3.05, 3.63) is 24.0 Å². The lowest BCUT2D eigenvalue weighted by Crippen LogP contribution is -2.48. The Balaban J connectivity index is 1.54. The van der Waals surface area contributed by atoms with Crippen LogP contribution in [0.15, 0.2) is 18.2 Å². The number of hydrogen-bond donors (Lipinski definition) is 2. The Labute approximate surface area is 112 Å². The molecule has 2 fully saturated rings. The van der Waals surface area contributed by atoms with E-state index in [1.54, 1.807) is 6.07 Å². The van der Waals surface area contributed by atoms with Crippen LogP contribution in [0.3, 0.4) is 0 Å². The molecule has 2 saturated heterocycles. The van der Waals surface area contributed by atoms with E-state index in [-0.39, 0.29) is 11.9 Å². The standard InChI is InChI=1S/C14H20FN3O/c15-10-3-4-14(13(16)6-10)17-7-12-8-18-5-1-2-11(18)9-19-12/h3-4,6,11-12,17H,1-2,5,7-9,16H2. The third kappa shape index (κ3) is 2.82. The molecule has 0 saturated carbocycles. The molecule has 3 N–H and O–H groups in total. The van der Waals surface area contributed by atoms with Gasteiger partial charge >= 0.3 is 0 Å². The number of ether oxygens (including phenoxy) is 1. The van der Waals surface area contributed by atoms with E-state index in [0.717, 1.165) is 18.8 Å². The number of benzene rings is 1. The molecule has 4 nitrogen and oxygen atoms in total.